The second-order valence-electron chi connectivity index (χ2n) is 5.09. The fraction of sp³-hybridized carbons (Fsp3) is 0.125. The maximum Gasteiger partial charge on any atom is 0.231 e. The molecule has 0 atom stereocenters. The molecule has 2 aromatic carbocycles. The number of nitrogens with two attached hydrogens (primary N) is 1. The summed E-state index contributed by atoms with van der Waals surface area (Å²) < 4.78 is 12.5. The third-order valence-corrected chi connectivity index (χ3v) is 3.67. The minimum absolute atomic E-state index is 0.192. The van der Waals surface area contributed by atoms with E-state index in [1.54, 1.807) is 28.9 Å². The number of aromatic nitrogens is 3. The molecule has 2 heterocycles. The van der Waals surface area contributed by atoms with Crippen LogP contribution in [0.4, 0.5) is 0 Å². The number of aromatic hydroxyl groups is 1. The van der Waals surface area contributed by atoms with Gasteiger partial charge in [0.05, 0.1) is 11.4 Å². The van der Waals surface area contributed by atoms with Crippen molar-refractivity contribution in [2.75, 3.05) is 6.79 Å². The van der Waals surface area contributed by atoms with Crippen LogP contribution in [0, 0.1) is 0 Å². The van der Waals surface area contributed by atoms with Gasteiger partial charge in [-0.15, -0.1) is 5.10 Å². The van der Waals surface area contributed by atoms with Crippen LogP contribution in [0.15, 0.2) is 42.5 Å². The lowest BCUT2D eigenvalue weighted by molar-refractivity contribution is 0.174. The van der Waals surface area contributed by atoms with Crippen molar-refractivity contribution in [1.29, 1.82) is 0 Å². The van der Waals surface area contributed by atoms with E-state index in [1.165, 1.54) is 0 Å². The van der Waals surface area contributed by atoms with Gasteiger partial charge in [0, 0.05) is 12.1 Å². The molecular formula is C16H14N4O3. The van der Waals surface area contributed by atoms with Crippen molar-refractivity contribution in [3.63, 3.8) is 0 Å². The van der Waals surface area contributed by atoms with E-state index in [1.807, 2.05) is 18.2 Å². The first kappa shape index (κ1) is 13.6. The maximum absolute atomic E-state index is 9.45. The molecule has 0 bridgehead atoms. The molecule has 0 saturated heterocycles. The lowest BCUT2D eigenvalue weighted by Gasteiger charge is -2.09. The smallest absolute Gasteiger partial charge is 0.231 e. The minimum atomic E-state index is 0.192. The number of ether oxygens (including phenoxy) is 2. The second kappa shape index (κ2) is 5.29. The quantitative estimate of drug-likeness (QED) is 0.766. The Bertz CT molecular complexity index is 858. The third-order valence-electron chi connectivity index (χ3n) is 3.67. The highest BCUT2D eigenvalue weighted by molar-refractivity contribution is 5.68. The minimum Gasteiger partial charge on any atom is -0.508 e. The summed E-state index contributed by atoms with van der Waals surface area (Å²) in [6, 6.07) is 12.4. The molecule has 3 N–H and O–H groups in total. The van der Waals surface area contributed by atoms with Gasteiger partial charge >= 0.3 is 0 Å². The van der Waals surface area contributed by atoms with Gasteiger partial charge in [-0.2, -0.15) is 0 Å². The van der Waals surface area contributed by atoms with E-state index in [-0.39, 0.29) is 19.1 Å². The van der Waals surface area contributed by atoms with E-state index in [0.29, 0.717) is 17.2 Å². The lowest BCUT2D eigenvalue weighted by atomic mass is 10.1. The van der Waals surface area contributed by atoms with Gasteiger partial charge in [0.25, 0.3) is 0 Å². The summed E-state index contributed by atoms with van der Waals surface area (Å²) in [5.74, 6) is 1.59. The summed E-state index contributed by atoms with van der Waals surface area (Å²) in [6.07, 6.45) is 0. The van der Waals surface area contributed by atoms with E-state index in [9.17, 15) is 5.11 Å². The van der Waals surface area contributed by atoms with E-state index >= 15 is 0 Å². The van der Waals surface area contributed by atoms with Crippen LogP contribution in [-0.2, 0) is 6.54 Å². The van der Waals surface area contributed by atoms with Crippen molar-refractivity contribution in [2.45, 2.75) is 6.54 Å². The van der Waals surface area contributed by atoms with Gasteiger partial charge < -0.3 is 20.3 Å². The van der Waals surface area contributed by atoms with Crippen molar-refractivity contribution < 1.29 is 14.6 Å². The SMILES string of the molecule is NCc1nnn(-c2ccc(O)cc2)c1-c1ccc2c(c1)OCO2. The van der Waals surface area contributed by atoms with Gasteiger partial charge in [0.2, 0.25) is 6.79 Å². The van der Waals surface area contributed by atoms with Crippen LogP contribution in [-0.4, -0.2) is 26.9 Å². The van der Waals surface area contributed by atoms with E-state index < -0.39 is 0 Å². The van der Waals surface area contributed by atoms with Gasteiger partial charge in [-0.25, -0.2) is 4.68 Å². The highest BCUT2D eigenvalue weighted by atomic mass is 16.7. The van der Waals surface area contributed by atoms with Gasteiger partial charge in [0.1, 0.15) is 11.4 Å². The Morgan fingerprint density at radius 3 is 2.65 bits per heavy atom. The maximum atomic E-state index is 9.45. The largest absolute Gasteiger partial charge is 0.508 e. The Balaban J connectivity index is 1.87. The van der Waals surface area contributed by atoms with Crippen LogP contribution >= 0.6 is 0 Å². The number of hydrogen-bond acceptors (Lipinski definition) is 6. The van der Waals surface area contributed by atoms with Gasteiger partial charge in [-0.3, -0.25) is 0 Å². The Kier molecular flexibility index (Phi) is 3.13. The number of phenolic OH excluding ortho intramolecular Hbond substituents is 1. The summed E-state index contributed by atoms with van der Waals surface area (Å²) in [4.78, 5) is 0. The van der Waals surface area contributed by atoms with Crippen LogP contribution in [0.1, 0.15) is 5.69 Å². The van der Waals surface area contributed by atoms with Crippen molar-refractivity contribution in [3.8, 4) is 34.2 Å². The van der Waals surface area contributed by atoms with Crippen molar-refractivity contribution in [3.05, 3.63) is 48.2 Å². The van der Waals surface area contributed by atoms with Gasteiger partial charge in [-0.1, -0.05) is 5.21 Å². The normalized spacial score (nSPS) is 12.6. The fourth-order valence-electron chi connectivity index (χ4n) is 2.56. The van der Waals surface area contributed by atoms with E-state index in [2.05, 4.69) is 10.3 Å². The molecule has 0 saturated carbocycles. The Morgan fingerprint density at radius 1 is 1.09 bits per heavy atom. The number of nitrogens with zero attached hydrogens (tertiary/aromatic N) is 3. The molecule has 1 aliphatic heterocycles. The van der Waals surface area contributed by atoms with Crippen LogP contribution in [0.3, 0.4) is 0 Å². The van der Waals surface area contributed by atoms with Gasteiger partial charge in [-0.05, 0) is 42.5 Å². The zero-order chi connectivity index (χ0) is 15.8. The first-order valence-electron chi connectivity index (χ1n) is 7.10. The number of rotatable bonds is 3. The predicted octanol–water partition coefficient (Wildman–Crippen LogP) is 1.83. The molecule has 0 aliphatic carbocycles. The summed E-state index contributed by atoms with van der Waals surface area (Å²) in [5.41, 5.74) is 8.93. The molecule has 0 spiro atoms. The highest BCUT2D eigenvalue weighted by Crippen LogP contribution is 2.37. The molecular weight excluding hydrogens is 296 g/mol. The topological polar surface area (TPSA) is 95.4 Å². The second-order valence-corrected chi connectivity index (χ2v) is 5.09. The number of phenols is 1. The standard InChI is InChI=1S/C16H14N4O3/c17-8-13-16(10-1-6-14-15(7-10)23-9-22-14)20(19-18-13)11-2-4-12(21)5-3-11/h1-7,21H,8-9,17H2. The Labute approximate surface area is 131 Å². The van der Waals surface area contributed by atoms with Gasteiger partial charge in [0.15, 0.2) is 11.5 Å². The predicted molar refractivity (Wildman–Crippen MR) is 82.5 cm³/mol. The van der Waals surface area contributed by atoms with Crippen molar-refractivity contribution in [1.82, 2.24) is 15.0 Å². The summed E-state index contributed by atoms with van der Waals surface area (Å²) in [5, 5.41) is 17.8. The molecule has 7 heteroatoms. The summed E-state index contributed by atoms with van der Waals surface area (Å²) in [6.45, 7) is 0.486. The van der Waals surface area contributed by atoms with Crippen molar-refractivity contribution >= 4 is 0 Å². The van der Waals surface area contributed by atoms with Crippen LogP contribution in [0.5, 0.6) is 17.2 Å². The van der Waals surface area contributed by atoms with E-state index in [4.69, 9.17) is 15.2 Å². The Morgan fingerprint density at radius 2 is 1.87 bits per heavy atom. The first-order valence-corrected chi connectivity index (χ1v) is 7.10. The molecule has 23 heavy (non-hydrogen) atoms. The molecule has 1 aliphatic rings. The molecule has 1 aromatic heterocycles. The average Bonchev–Trinajstić information content (AvgIpc) is 3.21. The summed E-state index contributed by atoms with van der Waals surface area (Å²) in [7, 11) is 0. The first-order chi connectivity index (χ1) is 11.3. The van der Waals surface area contributed by atoms with Crippen molar-refractivity contribution in [2.24, 2.45) is 5.73 Å². The molecule has 4 rings (SSSR count). The zero-order valence-electron chi connectivity index (χ0n) is 12.1. The molecule has 0 radical (unpaired) electrons. The molecule has 3 aromatic rings. The zero-order valence-corrected chi connectivity index (χ0v) is 12.1. The highest BCUT2D eigenvalue weighted by Gasteiger charge is 2.19. The van der Waals surface area contributed by atoms with E-state index in [0.717, 1.165) is 16.9 Å². The number of fused-ring (bicyclic) bond motifs is 1. The monoisotopic (exact) mass is 310 g/mol. The van der Waals surface area contributed by atoms with Crippen LogP contribution < -0.4 is 15.2 Å². The molecule has 0 fully saturated rings. The molecule has 116 valence electrons. The van der Waals surface area contributed by atoms with Crippen LogP contribution in [0.2, 0.25) is 0 Å². The lowest BCUT2D eigenvalue weighted by Crippen LogP contribution is -2.02. The molecule has 0 amide bonds. The van der Waals surface area contributed by atoms with Crippen LogP contribution in [0.25, 0.3) is 16.9 Å². The molecule has 7 nitrogen and oxygen atoms in total. The average molecular weight is 310 g/mol. The fourth-order valence-corrected chi connectivity index (χ4v) is 2.56. The summed E-state index contributed by atoms with van der Waals surface area (Å²) >= 11 is 0. The Hall–Kier alpha value is -3.06. The number of hydrogen-bond donors (Lipinski definition) is 2. The third kappa shape index (κ3) is 2.27. The number of benzene rings is 2. The molecule has 0 unspecified atom stereocenters.